The van der Waals surface area contributed by atoms with Gasteiger partial charge in [0.1, 0.15) is 13.2 Å². The van der Waals surface area contributed by atoms with E-state index in [9.17, 15) is 14.4 Å². The Morgan fingerprint density at radius 1 is 0.256 bits per heavy atom. The highest BCUT2D eigenvalue weighted by Crippen LogP contribution is 2.13. The summed E-state index contributed by atoms with van der Waals surface area (Å²) in [6, 6.07) is 0. The van der Waals surface area contributed by atoms with Crippen molar-refractivity contribution in [3.05, 3.63) is 182 Å². The Morgan fingerprint density at radius 2 is 0.476 bits per heavy atom. The van der Waals surface area contributed by atoms with Gasteiger partial charge in [-0.25, -0.2) is 0 Å². The number of carbonyl (C=O) groups excluding carboxylic acids is 3. The molecular weight excluding hydrogens is 1010 g/mol. The Kier molecular flexibility index (Phi) is 63.5. The molecule has 0 aliphatic rings. The Balaban J connectivity index is 4.50. The molecule has 0 aliphatic carbocycles. The fourth-order valence-corrected chi connectivity index (χ4v) is 8.26. The van der Waals surface area contributed by atoms with E-state index in [4.69, 9.17) is 14.2 Å². The molecule has 6 nitrogen and oxygen atoms in total. The molecule has 0 aliphatic heterocycles. The van der Waals surface area contributed by atoms with Crippen LogP contribution in [0, 0.1) is 0 Å². The Bertz CT molecular complexity index is 1920. The van der Waals surface area contributed by atoms with Crippen LogP contribution in [0.15, 0.2) is 182 Å². The molecule has 0 aromatic carbocycles. The van der Waals surface area contributed by atoms with Crippen LogP contribution in [-0.4, -0.2) is 37.2 Å². The van der Waals surface area contributed by atoms with Crippen LogP contribution in [0.25, 0.3) is 0 Å². The second-order valence-corrected chi connectivity index (χ2v) is 20.9. The molecule has 0 bridgehead atoms. The van der Waals surface area contributed by atoms with E-state index in [-0.39, 0.29) is 37.5 Å². The average Bonchev–Trinajstić information content (AvgIpc) is 3.48. The lowest BCUT2D eigenvalue weighted by Crippen LogP contribution is -2.30. The zero-order valence-corrected chi connectivity index (χ0v) is 52.4. The number of carbonyl (C=O) groups is 3. The molecule has 0 radical (unpaired) electrons. The van der Waals surface area contributed by atoms with E-state index in [0.717, 1.165) is 199 Å². The third-order valence-corrected chi connectivity index (χ3v) is 13.1. The zero-order valence-electron chi connectivity index (χ0n) is 52.4. The minimum absolute atomic E-state index is 0.111. The Labute approximate surface area is 504 Å². The molecule has 0 aromatic rings. The number of hydrogen-bond donors (Lipinski definition) is 0. The van der Waals surface area contributed by atoms with Gasteiger partial charge in [-0.15, -0.1) is 0 Å². The van der Waals surface area contributed by atoms with Gasteiger partial charge >= 0.3 is 17.9 Å². The quantitative estimate of drug-likeness (QED) is 0.0261. The molecule has 1 unspecified atom stereocenters. The summed E-state index contributed by atoms with van der Waals surface area (Å²) in [5.74, 6) is -0.975. The highest BCUT2D eigenvalue weighted by Gasteiger charge is 2.19. The van der Waals surface area contributed by atoms with Crippen molar-refractivity contribution in [2.45, 2.75) is 264 Å². The zero-order chi connectivity index (χ0) is 59.2. The Hall–Kier alpha value is -5.49. The van der Waals surface area contributed by atoms with E-state index < -0.39 is 6.10 Å². The molecule has 6 heteroatoms. The van der Waals surface area contributed by atoms with Crippen molar-refractivity contribution in [2.24, 2.45) is 0 Å². The number of ether oxygens (including phenoxy) is 3. The molecule has 82 heavy (non-hydrogen) atoms. The highest BCUT2D eigenvalue weighted by molar-refractivity contribution is 5.71. The van der Waals surface area contributed by atoms with Gasteiger partial charge in [0.05, 0.1) is 0 Å². The maximum Gasteiger partial charge on any atom is 0.306 e. The number of esters is 3. The van der Waals surface area contributed by atoms with Crippen LogP contribution in [0.5, 0.6) is 0 Å². The molecular formula is C76H118O6. The molecule has 0 amide bonds. The second kappa shape index (κ2) is 68.0. The maximum atomic E-state index is 12.9. The van der Waals surface area contributed by atoms with Crippen molar-refractivity contribution in [1.29, 1.82) is 0 Å². The summed E-state index contributed by atoms with van der Waals surface area (Å²) in [4.78, 5) is 38.4. The van der Waals surface area contributed by atoms with Crippen LogP contribution in [0.3, 0.4) is 0 Å². The highest BCUT2D eigenvalue weighted by atomic mass is 16.6. The first kappa shape index (κ1) is 76.5. The number of hydrogen-bond acceptors (Lipinski definition) is 6. The summed E-state index contributed by atoms with van der Waals surface area (Å²) in [6.07, 6.45) is 102. The number of rotatable bonds is 57. The van der Waals surface area contributed by atoms with Crippen LogP contribution in [0.4, 0.5) is 0 Å². The smallest absolute Gasteiger partial charge is 0.306 e. The topological polar surface area (TPSA) is 78.9 Å². The van der Waals surface area contributed by atoms with Crippen molar-refractivity contribution in [3.63, 3.8) is 0 Å². The first-order chi connectivity index (χ1) is 40.5. The normalized spacial score (nSPS) is 13.4. The third kappa shape index (κ3) is 65.3. The van der Waals surface area contributed by atoms with E-state index in [1.54, 1.807) is 0 Å². The van der Waals surface area contributed by atoms with Crippen LogP contribution in [0.1, 0.15) is 258 Å². The van der Waals surface area contributed by atoms with Crippen LogP contribution < -0.4 is 0 Å². The van der Waals surface area contributed by atoms with Gasteiger partial charge in [0.25, 0.3) is 0 Å². The summed E-state index contributed by atoms with van der Waals surface area (Å²) in [6.45, 7) is 6.31. The fourth-order valence-electron chi connectivity index (χ4n) is 8.26. The minimum atomic E-state index is -0.819. The first-order valence-corrected chi connectivity index (χ1v) is 32.8. The lowest BCUT2D eigenvalue weighted by atomic mass is 10.1. The lowest BCUT2D eigenvalue weighted by Gasteiger charge is -2.18. The molecule has 0 N–H and O–H groups in total. The summed E-state index contributed by atoms with van der Waals surface area (Å²) in [5.41, 5.74) is 0. The molecule has 458 valence electrons. The summed E-state index contributed by atoms with van der Waals surface area (Å²) < 4.78 is 16.9. The molecule has 0 fully saturated rings. The molecule has 1 atom stereocenters. The van der Waals surface area contributed by atoms with Crippen LogP contribution in [-0.2, 0) is 28.6 Å². The van der Waals surface area contributed by atoms with Crippen molar-refractivity contribution in [3.8, 4) is 0 Å². The molecule has 0 heterocycles. The number of unbranched alkanes of at least 4 members (excludes halogenated alkanes) is 16. The maximum absolute atomic E-state index is 12.9. The predicted molar refractivity (Wildman–Crippen MR) is 357 cm³/mol. The standard InChI is InChI=1S/C76H118O6/c1-4-7-10-13-16-19-22-25-28-30-32-34-36-37-38-39-41-42-44-46-48-51-54-57-60-63-66-69-75(78)81-72-73(71-80-74(77)68-65-62-59-56-53-50-27-24-21-18-15-12-9-6-3)82-76(79)70-67-64-61-58-55-52-49-47-45-43-40-35-33-31-29-26-23-20-17-14-11-8-5-2/h7-8,10-11,15-20,24-29,32-35,37-38,41-43,45-46,48-49,52,73H,4-6,9,12-14,21-23,30-31,36,39-40,44,47,50-51,53-72H2,1-3H3/b10-7-,11-8-,18-15-,19-16-,20-17-,27-24-,28-25-,29-26-,34-32-,35-33-,38-37-,42-41-,45-43-,48-46-,52-49-. The van der Waals surface area contributed by atoms with Gasteiger partial charge in [-0.2, -0.15) is 0 Å². The lowest BCUT2D eigenvalue weighted by molar-refractivity contribution is -0.167. The molecule has 0 spiro atoms. The minimum Gasteiger partial charge on any atom is -0.462 e. The fraction of sp³-hybridized carbons (Fsp3) is 0.566. The van der Waals surface area contributed by atoms with E-state index in [1.807, 2.05) is 0 Å². The Morgan fingerprint density at radius 3 is 0.744 bits per heavy atom. The van der Waals surface area contributed by atoms with Crippen molar-refractivity contribution >= 4 is 17.9 Å². The van der Waals surface area contributed by atoms with E-state index in [0.29, 0.717) is 12.8 Å². The average molecular weight is 1130 g/mol. The van der Waals surface area contributed by atoms with Crippen LogP contribution in [0.2, 0.25) is 0 Å². The van der Waals surface area contributed by atoms with Gasteiger partial charge < -0.3 is 14.2 Å². The van der Waals surface area contributed by atoms with Gasteiger partial charge in [0.15, 0.2) is 6.10 Å². The van der Waals surface area contributed by atoms with E-state index in [1.165, 1.54) is 19.3 Å². The molecule has 0 aromatic heterocycles. The summed E-state index contributed by atoms with van der Waals surface area (Å²) in [5, 5.41) is 0. The van der Waals surface area contributed by atoms with Crippen molar-refractivity contribution in [2.75, 3.05) is 13.2 Å². The van der Waals surface area contributed by atoms with Gasteiger partial charge in [0.2, 0.25) is 0 Å². The van der Waals surface area contributed by atoms with Gasteiger partial charge in [-0.3, -0.25) is 14.4 Å². The van der Waals surface area contributed by atoms with E-state index in [2.05, 4.69) is 203 Å². The largest absolute Gasteiger partial charge is 0.462 e. The first-order valence-electron chi connectivity index (χ1n) is 32.8. The van der Waals surface area contributed by atoms with Crippen molar-refractivity contribution < 1.29 is 28.6 Å². The number of allylic oxidation sites excluding steroid dienone is 30. The van der Waals surface area contributed by atoms with Crippen molar-refractivity contribution in [1.82, 2.24) is 0 Å². The van der Waals surface area contributed by atoms with Gasteiger partial charge in [0, 0.05) is 19.3 Å². The molecule has 0 saturated carbocycles. The monoisotopic (exact) mass is 1130 g/mol. The van der Waals surface area contributed by atoms with Crippen LogP contribution >= 0.6 is 0 Å². The third-order valence-electron chi connectivity index (χ3n) is 13.1. The predicted octanol–water partition coefficient (Wildman–Crippen LogP) is 22.8. The van der Waals surface area contributed by atoms with E-state index >= 15 is 0 Å². The van der Waals surface area contributed by atoms with Gasteiger partial charge in [-0.1, -0.05) is 267 Å². The molecule has 0 saturated heterocycles. The molecule has 0 rings (SSSR count). The summed E-state index contributed by atoms with van der Waals surface area (Å²) in [7, 11) is 0. The SMILES string of the molecule is CC/C=C\C/C=C\C/C=C\C/C=C\C/C=C\C/C=C\C/C=C\CCCCCCCC(=O)OCC(COC(=O)CCCCCCC/C=C\C/C=C\CCCC)OC(=O)CCCCCC/C=C\C/C=C\C/C=C\C/C=C\C/C=C\C/C=C\CC. The second-order valence-electron chi connectivity index (χ2n) is 20.9. The summed E-state index contributed by atoms with van der Waals surface area (Å²) >= 11 is 0. The van der Waals surface area contributed by atoms with Gasteiger partial charge in [-0.05, 0) is 154 Å².